The number of aliphatic carboxylic acids is 1. The predicted octanol–water partition coefficient (Wildman–Crippen LogP) is 3.14. The molecular formula is C15H27NO2. The van der Waals surface area contributed by atoms with Gasteiger partial charge in [-0.15, -0.1) is 0 Å². The lowest BCUT2D eigenvalue weighted by Gasteiger charge is -2.46. The van der Waals surface area contributed by atoms with Crippen molar-refractivity contribution in [2.75, 3.05) is 13.1 Å². The Balaban J connectivity index is 2.09. The molecule has 1 saturated carbocycles. The van der Waals surface area contributed by atoms with Crippen LogP contribution in [0.1, 0.15) is 59.3 Å². The van der Waals surface area contributed by atoms with Crippen molar-refractivity contribution >= 4 is 5.97 Å². The van der Waals surface area contributed by atoms with Gasteiger partial charge in [0.2, 0.25) is 0 Å². The molecule has 3 nitrogen and oxygen atoms in total. The van der Waals surface area contributed by atoms with Crippen molar-refractivity contribution in [3.8, 4) is 0 Å². The first-order chi connectivity index (χ1) is 8.36. The van der Waals surface area contributed by atoms with Crippen LogP contribution in [0.3, 0.4) is 0 Å². The summed E-state index contributed by atoms with van der Waals surface area (Å²) in [6, 6.07) is 0. The Hall–Kier alpha value is -0.570. The molecule has 0 bridgehead atoms. The Morgan fingerprint density at radius 1 is 1.17 bits per heavy atom. The van der Waals surface area contributed by atoms with Gasteiger partial charge in [-0.1, -0.05) is 20.8 Å². The second-order valence-corrected chi connectivity index (χ2v) is 7.17. The lowest BCUT2D eigenvalue weighted by Crippen LogP contribution is -2.56. The average molecular weight is 253 g/mol. The Labute approximate surface area is 111 Å². The number of likely N-dealkylation sites (tertiary alicyclic amines) is 1. The molecule has 1 saturated heterocycles. The van der Waals surface area contributed by atoms with Gasteiger partial charge in [0.25, 0.3) is 0 Å². The Morgan fingerprint density at radius 3 is 2.06 bits per heavy atom. The zero-order valence-electron chi connectivity index (χ0n) is 12.0. The normalized spacial score (nSPS) is 34.7. The van der Waals surface area contributed by atoms with Crippen molar-refractivity contribution < 1.29 is 9.90 Å². The molecule has 0 aromatic carbocycles. The smallest absolute Gasteiger partial charge is 0.324 e. The monoisotopic (exact) mass is 253 g/mol. The van der Waals surface area contributed by atoms with Crippen LogP contribution in [-0.4, -0.2) is 34.6 Å². The van der Waals surface area contributed by atoms with Crippen molar-refractivity contribution in [2.45, 2.75) is 64.8 Å². The highest BCUT2D eigenvalue weighted by Crippen LogP contribution is 2.44. The number of carbonyl (C=O) groups is 1. The highest BCUT2D eigenvalue weighted by molar-refractivity contribution is 5.79. The Morgan fingerprint density at radius 2 is 1.67 bits per heavy atom. The highest BCUT2D eigenvalue weighted by atomic mass is 16.4. The van der Waals surface area contributed by atoms with Gasteiger partial charge in [0.15, 0.2) is 0 Å². The summed E-state index contributed by atoms with van der Waals surface area (Å²) in [6.07, 6.45) is 6.13. The summed E-state index contributed by atoms with van der Waals surface area (Å²) >= 11 is 0. The number of hydrogen-bond acceptors (Lipinski definition) is 2. The SMILES string of the molecule is CC(C)(C)C1CCC(C(=O)O)(N2CCCC2)CC1. The summed E-state index contributed by atoms with van der Waals surface area (Å²) in [5, 5.41) is 9.70. The zero-order chi connectivity index (χ0) is 13.4. The van der Waals surface area contributed by atoms with Crippen molar-refractivity contribution in [1.82, 2.24) is 4.90 Å². The van der Waals surface area contributed by atoms with E-state index in [1.807, 2.05) is 0 Å². The molecule has 0 unspecified atom stereocenters. The third-order valence-corrected chi connectivity index (χ3v) is 5.15. The molecule has 0 spiro atoms. The van der Waals surface area contributed by atoms with Gasteiger partial charge in [0.05, 0.1) is 0 Å². The van der Waals surface area contributed by atoms with E-state index in [0.29, 0.717) is 11.3 Å². The molecule has 104 valence electrons. The highest BCUT2D eigenvalue weighted by Gasteiger charge is 2.48. The lowest BCUT2D eigenvalue weighted by molar-refractivity contribution is -0.154. The van der Waals surface area contributed by atoms with E-state index >= 15 is 0 Å². The summed E-state index contributed by atoms with van der Waals surface area (Å²) in [4.78, 5) is 14.0. The van der Waals surface area contributed by atoms with Crippen LogP contribution in [-0.2, 0) is 4.79 Å². The van der Waals surface area contributed by atoms with Crippen LogP contribution >= 0.6 is 0 Å². The van der Waals surface area contributed by atoms with Gasteiger partial charge in [-0.25, -0.2) is 0 Å². The molecular weight excluding hydrogens is 226 g/mol. The lowest BCUT2D eigenvalue weighted by atomic mass is 9.67. The fourth-order valence-corrected chi connectivity index (χ4v) is 3.77. The second-order valence-electron chi connectivity index (χ2n) is 7.17. The quantitative estimate of drug-likeness (QED) is 0.822. The van der Waals surface area contributed by atoms with Crippen LogP contribution in [0.15, 0.2) is 0 Å². The molecule has 3 heteroatoms. The van der Waals surface area contributed by atoms with E-state index in [1.54, 1.807) is 0 Å². The molecule has 1 heterocycles. The molecule has 2 rings (SSSR count). The molecule has 1 aliphatic heterocycles. The maximum atomic E-state index is 11.8. The first-order valence-corrected chi connectivity index (χ1v) is 7.35. The molecule has 0 amide bonds. The fraction of sp³-hybridized carbons (Fsp3) is 0.933. The summed E-state index contributed by atoms with van der Waals surface area (Å²) < 4.78 is 0. The second kappa shape index (κ2) is 4.84. The third-order valence-electron chi connectivity index (χ3n) is 5.15. The van der Waals surface area contributed by atoms with Crippen molar-refractivity contribution in [3.63, 3.8) is 0 Å². The summed E-state index contributed by atoms with van der Waals surface area (Å²) in [5.41, 5.74) is -0.228. The molecule has 18 heavy (non-hydrogen) atoms. The van der Waals surface area contributed by atoms with Crippen LogP contribution in [0.5, 0.6) is 0 Å². The van der Waals surface area contributed by atoms with Crippen LogP contribution < -0.4 is 0 Å². The maximum absolute atomic E-state index is 11.8. The zero-order valence-corrected chi connectivity index (χ0v) is 12.0. The maximum Gasteiger partial charge on any atom is 0.324 e. The van der Waals surface area contributed by atoms with Gasteiger partial charge in [0, 0.05) is 0 Å². The van der Waals surface area contributed by atoms with Gasteiger partial charge >= 0.3 is 5.97 Å². The van der Waals surface area contributed by atoms with E-state index in [9.17, 15) is 9.90 Å². The summed E-state index contributed by atoms with van der Waals surface area (Å²) in [6.45, 7) is 8.79. The third kappa shape index (κ3) is 2.42. The molecule has 2 aliphatic rings. The average Bonchev–Trinajstić information content (AvgIpc) is 2.81. The van der Waals surface area contributed by atoms with E-state index in [1.165, 1.54) is 0 Å². The van der Waals surface area contributed by atoms with E-state index in [4.69, 9.17) is 0 Å². The first-order valence-electron chi connectivity index (χ1n) is 7.35. The Bertz CT molecular complexity index is 305. The summed E-state index contributed by atoms with van der Waals surface area (Å²) in [7, 11) is 0. The molecule has 0 aromatic heterocycles. The molecule has 0 radical (unpaired) electrons. The number of rotatable bonds is 2. The fourth-order valence-electron chi connectivity index (χ4n) is 3.77. The van der Waals surface area contributed by atoms with Gasteiger partial charge < -0.3 is 5.11 Å². The van der Waals surface area contributed by atoms with Gasteiger partial charge in [-0.2, -0.15) is 0 Å². The summed E-state index contributed by atoms with van der Waals surface area (Å²) in [5.74, 6) is 0.0873. The minimum absolute atomic E-state index is 0.315. The number of carboxylic acids is 1. The minimum Gasteiger partial charge on any atom is -0.480 e. The van der Waals surface area contributed by atoms with E-state index in [0.717, 1.165) is 51.6 Å². The number of hydrogen-bond donors (Lipinski definition) is 1. The van der Waals surface area contributed by atoms with E-state index in [-0.39, 0.29) is 0 Å². The first kappa shape index (κ1) is 13.9. The van der Waals surface area contributed by atoms with Crippen LogP contribution in [0.4, 0.5) is 0 Å². The molecule has 1 aliphatic carbocycles. The van der Waals surface area contributed by atoms with E-state index < -0.39 is 11.5 Å². The molecule has 1 N–H and O–H groups in total. The topological polar surface area (TPSA) is 40.5 Å². The van der Waals surface area contributed by atoms with Crippen molar-refractivity contribution in [2.24, 2.45) is 11.3 Å². The van der Waals surface area contributed by atoms with E-state index in [2.05, 4.69) is 25.7 Å². The van der Waals surface area contributed by atoms with Gasteiger partial charge in [-0.05, 0) is 62.9 Å². The largest absolute Gasteiger partial charge is 0.480 e. The Kier molecular flexibility index (Phi) is 3.72. The van der Waals surface area contributed by atoms with Crippen molar-refractivity contribution in [1.29, 1.82) is 0 Å². The van der Waals surface area contributed by atoms with Gasteiger partial charge in [0.1, 0.15) is 5.54 Å². The van der Waals surface area contributed by atoms with Crippen LogP contribution in [0, 0.1) is 11.3 Å². The van der Waals surface area contributed by atoms with Crippen LogP contribution in [0.2, 0.25) is 0 Å². The number of carboxylic acid groups (broad SMARTS) is 1. The molecule has 2 fully saturated rings. The number of nitrogens with zero attached hydrogens (tertiary/aromatic N) is 1. The van der Waals surface area contributed by atoms with Crippen molar-refractivity contribution in [3.05, 3.63) is 0 Å². The van der Waals surface area contributed by atoms with Crippen LogP contribution in [0.25, 0.3) is 0 Å². The molecule has 0 atom stereocenters. The minimum atomic E-state index is -0.586. The standard InChI is InChI=1S/C15H27NO2/c1-14(2,3)12-6-8-15(9-7-12,13(17)18)16-10-4-5-11-16/h12H,4-11H2,1-3H3,(H,17,18). The predicted molar refractivity (Wildman–Crippen MR) is 72.6 cm³/mol. The molecule has 0 aromatic rings. The van der Waals surface area contributed by atoms with Gasteiger partial charge in [-0.3, -0.25) is 9.69 Å².